The van der Waals surface area contributed by atoms with Crippen LogP contribution < -0.4 is 5.32 Å². The Bertz CT molecular complexity index is 1210. The monoisotopic (exact) mass is 500 g/mol. The zero-order chi connectivity index (χ0) is 26.4. The average molecular weight is 501 g/mol. The highest BCUT2D eigenvalue weighted by atomic mass is 16.5. The molecule has 7 nitrogen and oxygen atoms in total. The summed E-state index contributed by atoms with van der Waals surface area (Å²) in [5, 5.41) is 12.1. The van der Waals surface area contributed by atoms with Crippen LogP contribution in [0.2, 0.25) is 0 Å². The van der Waals surface area contributed by atoms with Gasteiger partial charge in [0.2, 0.25) is 5.91 Å². The Morgan fingerprint density at radius 3 is 2.08 bits per heavy atom. The van der Waals surface area contributed by atoms with E-state index < -0.39 is 18.0 Å². The second-order valence-corrected chi connectivity index (χ2v) is 9.49. The third-order valence-electron chi connectivity index (χ3n) is 6.99. The van der Waals surface area contributed by atoms with E-state index in [-0.39, 0.29) is 37.4 Å². The van der Waals surface area contributed by atoms with Crippen LogP contribution >= 0.6 is 0 Å². The lowest BCUT2D eigenvalue weighted by molar-refractivity contribution is -0.144. The van der Waals surface area contributed by atoms with E-state index >= 15 is 0 Å². The molecule has 0 heterocycles. The highest BCUT2D eigenvalue weighted by Gasteiger charge is 2.30. The molecule has 0 fully saturated rings. The Labute approximate surface area is 217 Å². The Hall–Kier alpha value is -4.13. The third kappa shape index (κ3) is 6.17. The molecule has 1 aliphatic carbocycles. The number of carbonyl (C=O) groups excluding carboxylic acids is 2. The van der Waals surface area contributed by atoms with Crippen LogP contribution in [0.1, 0.15) is 36.0 Å². The van der Waals surface area contributed by atoms with E-state index in [1.807, 2.05) is 61.5 Å². The van der Waals surface area contributed by atoms with Crippen LogP contribution in [0.15, 0.2) is 78.9 Å². The van der Waals surface area contributed by atoms with Crippen LogP contribution in [0.3, 0.4) is 0 Å². The summed E-state index contributed by atoms with van der Waals surface area (Å²) in [7, 11) is 1.63. The Kier molecular flexibility index (Phi) is 8.23. The van der Waals surface area contributed by atoms with Crippen molar-refractivity contribution < 1.29 is 24.2 Å². The van der Waals surface area contributed by atoms with Crippen molar-refractivity contribution in [1.82, 2.24) is 10.2 Å². The predicted octanol–water partition coefficient (Wildman–Crippen LogP) is 4.71. The number of nitrogens with one attached hydrogen (secondary N) is 1. The fourth-order valence-corrected chi connectivity index (χ4v) is 4.88. The number of fused-ring (bicyclic) bond motifs is 3. The van der Waals surface area contributed by atoms with Gasteiger partial charge in [0.15, 0.2) is 0 Å². The summed E-state index contributed by atoms with van der Waals surface area (Å²) in [6, 6.07) is 25.3. The summed E-state index contributed by atoms with van der Waals surface area (Å²) in [6.07, 6.45) is -0.478. The number of hydrogen-bond donors (Lipinski definition) is 2. The fraction of sp³-hybridized carbons (Fsp3) is 0.300. The van der Waals surface area contributed by atoms with Gasteiger partial charge in [0.25, 0.3) is 0 Å². The van der Waals surface area contributed by atoms with E-state index in [1.165, 1.54) is 4.90 Å². The highest BCUT2D eigenvalue weighted by molar-refractivity contribution is 5.83. The van der Waals surface area contributed by atoms with E-state index in [4.69, 9.17) is 4.74 Å². The van der Waals surface area contributed by atoms with Crippen molar-refractivity contribution in [3.63, 3.8) is 0 Å². The molecule has 2 amide bonds. The molecule has 0 spiro atoms. The summed E-state index contributed by atoms with van der Waals surface area (Å²) >= 11 is 0. The van der Waals surface area contributed by atoms with Crippen LogP contribution in [0, 0.1) is 5.92 Å². The molecule has 4 rings (SSSR count). The highest BCUT2D eigenvalue weighted by Crippen LogP contribution is 2.44. The summed E-state index contributed by atoms with van der Waals surface area (Å²) in [6.45, 7) is 2.20. The molecule has 2 N–H and O–H groups in total. The van der Waals surface area contributed by atoms with Gasteiger partial charge in [0, 0.05) is 25.6 Å². The zero-order valence-electron chi connectivity index (χ0n) is 21.1. The molecule has 2 atom stereocenters. The van der Waals surface area contributed by atoms with Crippen molar-refractivity contribution in [2.24, 2.45) is 5.92 Å². The van der Waals surface area contributed by atoms with Gasteiger partial charge in [-0.3, -0.25) is 9.59 Å². The first-order valence-electron chi connectivity index (χ1n) is 12.5. The van der Waals surface area contributed by atoms with Gasteiger partial charge in [-0.05, 0) is 41.2 Å². The summed E-state index contributed by atoms with van der Waals surface area (Å²) < 4.78 is 5.58. The second-order valence-electron chi connectivity index (χ2n) is 9.49. The first-order valence-corrected chi connectivity index (χ1v) is 12.5. The van der Waals surface area contributed by atoms with Gasteiger partial charge < -0.3 is 20.1 Å². The lowest BCUT2D eigenvalue weighted by Gasteiger charge is -2.29. The van der Waals surface area contributed by atoms with E-state index in [2.05, 4.69) is 29.6 Å². The number of carbonyl (C=O) groups is 3. The van der Waals surface area contributed by atoms with Crippen LogP contribution in [-0.4, -0.2) is 54.2 Å². The SMILES string of the molecule is CC(CNC(=O)OCC1c2ccccc2-c2ccccc21)N(C)C(=O)C(CC(=O)O)Cc1ccccc1. The molecular weight excluding hydrogens is 468 g/mol. The fourth-order valence-electron chi connectivity index (χ4n) is 4.88. The summed E-state index contributed by atoms with van der Waals surface area (Å²) in [4.78, 5) is 38.6. The topological polar surface area (TPSA) is 95.9 Å². The number of alkyl carbamates (subject to hydrolysis) is 1. The lowest BCUT2D eigenvalue weighted by atomic mass is 9.94. The maximum atomic E-state index is 13.1. The zero-order valence-corrected chi connectivity index (χ0v) is 21.1. The minimum Gasteiger partial charge on any atom is -0.481 e. The van der Waals surface area contributed by atoms with E-state index in [0.717, 1.165) is 27.8 Å². The Morgan fingerprint density at radius 1 is 0.919 bits per heavy atom. The quantitative estimate of drug-likeness (QED) is 0.421. The average Bonchev–Trinajstić information content (AvgIpc) is 3.23. The lowest BCUT2D eigenvalue weighted by Crippen LogP contribution is -2.46. The van der Waals surface area contributed by atoms with Crippen molar-refractivity contribution in [3.05, 3.63) is 95.6 Å². The minimum atomic E-state index is -1.02. The maximum Gasteiger partial charge on any atom is 0.407 e. The number of hydrogen-bond acceptors (Lipinski definition) is 4. The largest absolute Gasteiger partial charge is 0.481 e. The molecule has 1 aliphatic rings. The number of amides is 2. The van der Waals surface area contributed by atoms with Gasteiger partial charge in [-0.2, -0.15) is 0 Å². The molecule has 192 valence electrons. The van der Waals surface area contributed by atoms with Gasteiger partial charge in [-0.15, -0.1) is 0 Å². The summed E-state index contributed by atoms with van der Waals surface area (Å²) in [5.74, 6) is -2.02. The molecule has 37 heavy (non-hydrogen) atoms. The molecular formula is C30H32N2O5. The van der Waals surface area contributed by atoms with Crippen molar-refractivity contribution in [2.75, 3.05) is 20.2 Å². The first kappa shape index (κ1) is 25.9. The number of carboxylic acid groups (broad SMARTS) is 1. The van der Waals surface area contributed by atoms with Gasteiger partial charge in [0.05, 0.1) is 12.3 Å². The molecule has 0 bridgehead atoms. The third-order valence-corrected chi connectivity index (χ3v) is 6.99. The molecule has 3 aromatic carbocycles. The van der Waals surface area contributed by atoms with Crippen molar-refractivity contribution in [3.8, 4) is 11.1 Å². The van der Waals surface area contributed by atoms with E-state index in [9.17, 15) is 19.5 Å². The predicted molar refractivity (Wildman–Crippen MR) is 141 cm³/mol. The van der Waals surface area contributed by atoms with Crippen LogP contribution in [-0.2, 0) is 20.7 Å². The van der Waals surface area contributed by atoms with E-state index in [1.54, 1.807) is 7.05 Å². The molecule has 0 saturated heterocycles. The maximum absolute atomic E-state index is 13.1. The molecule has 7 heteroatoms. The van der Waals surface area contributed by atoms with Gasteiger partial charge in [0.1, 0.15) is 6.61 Å². The summed E-state index contributed by atoms with van der Waals surface area (Å²) in [5.41, 5.74) is 5.50. The molecule has 0 aromatic heterocycles. The van der Waals surface area contributed by atoms with Crippen LogP contribution in [0.25, 0.3) is 11.1 Å². The van der Waals surface area contributed by atoms with Gasteiger partial charge in [-0.1, -0.05) is 78.9 Å². The smallest absolute Gasteiger partial charge is 0.407 e. The number of nitrogens with zero attached hydrogens (tertiary/aromatic N) is 1. The molecule has 3 aromatic rings. The number of ether oxygens (including phenoxy) is 1. The Morgan fingerprint density at radius 2 is 1.49 bits per heavy atom. The number of benzene rings is 3. The van der Waals surface area contributed by atoms with Crippen LogP contribution in [0.4, 0.5) is 4.79 Å². The number of rotatable bonds is 10. The first-order chi connectivity index (χ1) is 17.8. The van der Waals surface area contributed by atoms with Gasteiger partial charge >= 0.3 is 12.1 Å². The number of likely N-dealkylation sites (N-methyl/N-ethyl adjacent to an activating group) is 1. The number of aliphatic carboxylic acids is 1. The van der Waals surface area contributed by atoms with Crippen molar-refractivity contribution >= 4 is 18.0 Å². The minimum absolute atomic E-state index is 0.0328. The second kappa shape index (κ2) is 11.7. The number of carboxylic acids is 1. The molecule has 0 aliphatic heterocycles. The van der Waals surface area contributed by atoms with Gasteiger partial charge in [-0.25, -0.2) is 4.79 Å². The molecule has 0 saturated carbocycles. The van der Waals surface area contributed by atoms with E-state index in [0.29, 0.717) is 6.42 Å². The standard InChI is InChI=1S/C30H32N2O5/c1-20(32(2)29(35)22(17-28(33)34)16-21-10-4-3-5-11-21)18-31-30(36)37-19-27-25-14-8-6-12-23(25)24-13-7-9-15-26(24)27/h3-15,20,22,27H,16-19H2,1-2H3,(H,31,36)(H,33,34). The molecule has 0 radical (unpaired) electrons. The normalized spacial score (nSPS) is 13.7. The van der Waals surface area contributed by atoms with Crippen molar-refractivity contribution in [2.45, 2.75) is 31.7 Å². The Balaban J connectivity index is 1.31. The van der Waals surface area contributed by atoms with Crippen molar-refractivity contribution in [1.29, 1.82) is 0 Å². The van der Waals surface area contributed by atoms with Crippen LogP contribution in [0.5, 0.6) is 0 Å². The molecule has 2 unspecified atom stereocenters.